The molecule has 4 nitrogen and oxygen atoms in total. The molecular weight excluding hydrogens is 272 g/mol. The van der Waals surface area contributed by atoms with E-state index in [1.165, 1.54) is 11.8 Å². The number of hydrogen-bond acceptors (Lipinski definition) is 4. The second-order valence-corrected chi connectivity index (χ2v) is 6.58. The zero-order chi connectivity index (χ0) is 14.8. The highest BCUT2D eigenvalue weighted by molar-refractivity contribution is 7.99. The molecule has 0 radical (unpaired) electrons. The lowest BCUT2D eigenvalue weighted by atomic mass is 9.92. The van der Waals surface area contributed by atoms with Gasteiger partial charge in [-0.2, -0.15) is 0 Å². The Kier molecular flexibility index (Phi) is 4.38. The van der Waals surface area contributed by atoms with Gasteiger partial charge in [0.05, 0.1) is 23.4 Å². The first kappa shape index (κ1) is 14.9. The molecule has 0 fully saturated rings. The number of Topliss-reactive ketones (excluding diaryl/α,β-unsaturated/α-hetero) is 1. The summed E-state index contributed by atoms with van der Waals surface area (Å²) in [5, 5.41) is 0.770. The van der Waals surface area contributed by atoms with Gasteiger partial charge in [0.15, 0.2) is 5.16 Å². The fraction of sp³-hybridized carbons (Fsp3) is 0.467. The third-order valence-electron chi connectivity index (χ3n) is 2.92. The molecule has 0 aliphatic carbocycles. The maximum Gasteiger partial charge on any atom is 0.166 e. The Hall–Kier alpha value is -1.49. The number of ether oxygens (including phenoxy) is 1. The number of hydrogen-bond donors (Lipinski definition) is 1. The maximum absolute atomic E-state index is 11.9. The van der Waals surface area contributed by atoms with Crippen molar-refractivity contribution in [1.82, 2.24) is 9.97 Å². The summed E-state index contributed by atoms with van der Waals surface area (Å²) in [6.45, 7) is 8.40. The van der Waals surface area contributed by atoms with Gasteiger partial charge < -0.3 is 9.72 Å². The summed E-state index contributed by atoms with van der Waals surface area (Å²) in [6.07, 6.45) is 0. The van der Waals surface area contributed by atoms with Gasteiger partial charge in [0.1, 0.15) is 11.5 Å². The highest BCUT2D eigenvalue weighted by Gasteiger charge is 2.21. The summed E-state index contributed by atoms with van der Waals surface area (Å²) < 4.78 is 5.46. The van der Waals surface area contributed by atoms with Crippen molar-refractivity contribution in [1.29, 1.82) is 0 Å². The van der Waals surface area contributed by atoms with Gasteiger partial charge in [-0.05, 0) is 19.1 Å². The first-order chi connectivity index (χ1) is 9.40. The molecule has 1 aromatic carbocycles. The number of carbonyl (C=O) groups excluding carboxylic acids is 1. The minimum Gasteiger partial charge on any atom is -0.494 e. The van der Waals surface area contributed by atoms with Gasteiger partial charge in [-0.15, -0.1) is 0 Å². The van der Waals surface area contributed by atoms with Crippen molar-refractivity contribution in [2.24, 2.45) is 5.41 Å². The Bertz CT molecular complexity index is 614. The van der Waals surface area contributed by atoms with E-state index in [-0.39, 0.29) is 11.2 Å². The third kappa shape index (κ3) is 3.54. The Morgan fingerprint density at radius 2 is 2.15 bits per heavy atom. The summed E-state index contributed by atoms with van der Waals surface area (Å²) in [5.74, 6) is 1.48. The molecule has 108 valence electrons. The van der Waals surface area contributed by atoms with Gasteiger partial charge in [0.25, 0.3) is 0 Å². The van der Waals surface area contributed by atoms with Crippen molar-refractivity contribution in [2.75, 3.05) is 12.4 Å². The van der Waals surface area contributed by atoms with Crippen molar-refractivity contribution >= 4 is 28.6 Å². The molecule has 2 rings (SSSR count). The van der Waals surface area contributed by atoms with E-state index in [2.05, 4.69) is 9.97 Å². The topological polar surface area (TPSA) is 55.0 Å². The molecule has 0 unspecified atom stereocenters. The van der Waals surface area contributed by atoms with Crippen molar-refractivity contribution in [3.63, 3.8) is 0 Å². The van der Waals surface area contributed by atoms with Crippen LogP contribution in [0.3, 0.4) is 0 Å². The summed E-state index contributed by atoms with van der Waals surface area (Å²) in [7, 11) is 0. The number of ketones is 1. The van der Waals surface area contributed by atoms with E-state index in [9.17, 15) is 4.79 Å². The van der Waals surface area contributed by atoms with Crippen LogP contribution in [0.15, 0.2) is 23.4 Å². The summed E-state index contributed by atoms with van der Waals surface area (Å²) >= 11 is 1.44. The van der Waals surface area contributed by atoms with E-state index >= 15 is 0 Å². The van der Waals surface area contributed by atoms with E-state index in [0.29, 0.717) is 12.4 Å². The molecule has 0 aliphatic rings. The Morgan fingerprint density at radius 1 is 1.40 bits per heavy atom. The van der Waals surface area contributed by atoms with Crippen LogP contribution in [0.1, 0.15) is 27.7 Å². The van der Waals surface area contributed by atoms with E-state index in [4.69, 9.17) is 4.74 Å². The van der Waals surface area contributed by atoms with E-state index in [0.717, 1.165) is 21.9 Å². The van der Waals surface area contributed by atoms with Gasteiger partial charge in [0, 0.05) is 11.5 Å². The minimum absolute atomic E-state index is 0.220. The number of H-pyrrole nitrogens is 1. The van der Waals surface area contributed by atoms with E-state index < -0.39 is 0 Å². The molecule has 0 amide bonds. The Balaban J connectivity index is 2.10. The average molecular weight is 292 g/mol. The summed E-state index contributed by atoms with van der Waals surface area (Å²) in [5.41, 5.74) is 1.52. The van der Waals surface area contributed by atoms with Crippen LogP contribution in [0.25, 0.3) is 11.0 Å². The molecule has 20 heavy (non-hydrogen) atoms. The average Bonchev–Trinajstić information content (AvgIpc) is 2.77. The van der Waals surface area contributed by atoms with Crippen LogP contribution in [0.5, 0.6) is 5.75 Å². The first-order valence-corrected chi connectivity index (χ1v) is 7.67. The number of rotatable bonds is 5. The number of benzene rings is 1. The molecule has 0 aliphatic heterocycles. The number of carbonyl (C=O) groups is 1. The SMILES string of the molecule is CCOc1ccc2nc(SCC(=O)C(C)(C)C)[nH]c2c1. The number of nitrogens with zero attached hydrogens (tertiary/aromatic N) is 1. The van der Waals surface area contributed by atoms with Crippen molar-refractivity contribution < 1.29 is 9.53 Å². The molecular formula is C15H20N2O2S. The maximum atomic E-state index is 11.9. The molecule has 0 spiro atoms. The molecule has 2 aromatic rings. The van der Waals surface area contributed by atoms with Crippen molar-refractivity contribution in [3.05, 3.63) is 18.2 Å². The first-order valence-electron chi connectivity index (χ1n) is 6.69. The fourth-order valence-corrected chi connectivity index (χ4v) is 2.69. The van der Waals surface area contributed by atoms with Crippen molar-refractivity contribution in [2.45, 2.75) is 32.9 Å². The van der Waals surface area contributed by atoms with Gasteiger partial charge >= 0.3 is 0 Å². The van der Waals surface area contributed by atoms with Gasteiger partial charge in [-0.3, -0.25) is 4.79 Å². The molecule has 0 saturated carbocycles. The molecule has 0 bridgehead atoms. The minimum atomic E-state index is -0.304. The number of aromatic nitrogens is 2. The predicted octanol–water partition coefficient (Wildman–Crippen LogP) is 3.67. The van der Waals surface area contributed by atoms with E-state index in [1.54, 1.807) is 0 Å². The van der Waals surface area contributed by atoms with Gasteiger partial charge in [-0.1, -0.05) is 32.5 Å². The monoisotopic (exact) mass is 292 g/mol. The lowest BCUT2D eigenvalue weighted by molar-refractivity contribution is -0.123. The highest BCUT2D eigenvalue weighted by atomic mass is 32.2. The smallest absolute Gasteiger partial charge is 0.166 e. The predicted molar refractivity (Wildman–Crippen MR) is 82.4 cm³/mol. The van der Waals surface area contributed by atoms with E-state index in [1.807, 2.05) is 45.9 Å². The fourth-order valence-electron chi connectivity index (χ4n) is 1.64. The van der Waals surface area contributed by atoms with Gasteiger partial charge in [0.2, 0.25) is 0 Å². The molecule has 1 N–H and O–H groups in total. The molecule has 1 aromatic heterocycles. The number of nitrogens with one attached hydrogen (secondary N) is 1. The van der Waals surface area contributed by atoms with Crippen LogP contribution in [-0.2, 0) is 4.79 Å². The van der Waals surface area contributed by atoms with Crippen molar-refractivity contribution in [3.8, 4) is 5.75 Å². The third-order valence-corrected chi connectivity index (χ3v) is 3.79. The number of thioether (sulfide) groups is 1. The number of fused-ring (bicyclic) bond motifs is 1. The number of aromatic amines is 1. The lowest BCUT2D eigenvalue weighted by Crippen LogP contribution is -2.22. The summed E-state index contributed by atoms with van der Waals surface area (Å²) in [6, 6.07) is 5.76. The number of imidazole rings is 1. The molecule has 0 atom stereocenters. The standard InChI is InChI=1S/C15H20N2O2S/c1-5-19-10-6-7-11-12(8-10)17-14(16-11)20-9-13(18)15(2,3)4/h6-8H,5,9H2,1-4H3,(H,16,17). The van der Waals surface area contributed by atoms with Crippen LogP contribution in [-0.4, -0.2) is 28.1 Å². The Labute approximate surface area is 123 Å². The second kappa shape index (κ2) is 5.87. The van der Waals surface area contributed by atoms with Crippen LogP contribution >= 0.6 is 11.8 Å². The molecule has 0 saturated heterocycles. The second-order valence-electron chi connectivity index (χ2n) is 5.62. The largest absolute Gasteiger partial charge is 0.494 e. The normalized spacial score (nSPS) is 11.8. The van der Waals surface area contributed by atoms with Crippen LogP contribution < -0.4 is 4.74 Å². The zero-order valence-electron chi connectivity index (χ0n) is 12.3. The van der Waals surface area contributed by atoms with Crippen LogP contribution in [0, 0.1) is 5.41 Å². The van der Waals surface area contributed by atoms with Gasteiger partial charge in [-0.25, -0.2) is 4.98 Å². The lowest BCUT2D eigenvalue weighted by Gasteiger charge is -2.15. The highest BCUT2D eigenvalue weighted by Crippen LogP contribution is 2.25. The molecule has 5 heteroatoms. The molecule has 1 heterocycles. The van der Waals surface area contributed by atoms with Crippen LogP contribution in [0.4, 0.5) is 0 Å². The zero-order valence-corrected chi connectivity index (χ0v) is 13.1. The quantitative estimate of drug-likeness (QED) is 0.854. The Morgan fingerprint density at radius 3 is 2.80 bits per heavy atom. The summed E-state index contributed by atoms with van der Waals surface area (Å²) in [4.78, 5) is 19.6. The van der Waals surface area contributed by atoms with Crippen LogP contribution in [0.2, 0.25) is 0 Å².